The first-order valence-electron chi connectivity index (χ1n) is 7.96. The Morgan fingerprint density at radius 1 is 0.957 bits per heavy atom. The molecule has 0 amide bonds. The average Bonchev–Trinajstić information content (AvgIpc) is 2.59. The highest BCUT2D eigenvalue weighted by atomic mass is 127. The Morgan fingerprint density at radius 3 is 2.35 bits per heavy atom. The lowest BCUT2D eigenvalue weighted by Crippen LogP contribution is -3.61. The van der Waals surface area contributed by atoms with E-state index in [-0.39, 0.29) is 27.8 Å². The molecule has 2 aromatic rings. The zero-order valence-corrected chi connectivity index (χ0v) is 15.6. The largest absolute Gasteiger partial charge is 0.491 e. The Bertz CT molecular complexity index is 542. The monoisotopic (exact) mass is 427 g/mol. The number of benzene rings is 2. The standard InChI is InChI=1S/C19H24IO3/c1-2-3-13-22-14-18(21)15-23-19-11-9-17(10-12-19)20-16-7-5-4-6-8-16/h4-12,18,21H,2-3,13-15H2,1H3/q+1. The van der Waals surface area contributed by atoms with E-state index < -0.39 is 6.10 Å². The molecular formula is C19H24IO3+. The maximum Gasteiger partial charge on any atom is 0.357 e. The third-order valence-corrected chi connectivity index (χ3v) is 5.84. The molecule has 0 saturated heterocycles. The first kappa shape index (κ1) is 18.2. The predicted molar refractivity (Wildman–Crippen MR) is 87.5 cm³/mol. The summed E-state index contributed by atoms with van der Waals surface area (Å²) < 4.78 is 13.8. The van der Waals surface area contributed by atoms with Crippen LogP contribution >= 0.6 is 0 Å². The van der Waals surface area contributed by atoms with Crippen LogP contribution in [0.25, 0.3) is 0 Å². The van der Waals surface area contributed by atoms with Gasteiger partial charge in [0.25, 0.3) is 0 Å². The summed E-state index contributed by atoms with van der Waals surface area (Å²) in [5.41, 5.74) is 0. The lowest BCUT2D eigenvalue weighted by molar-refractivity contribution is -0.597. The minimum Gasteiger partial charge on any atom is -0.491 e. The summed E-state index contributed by atoms with van der Waals surface area (Å²) in [6, 6.07) is 18.7. The van der Waals surface area contributed by atoms with Gasteiger partial charge in [0.2, 0.25) is 0 Å². The summed E-state index contributed by atoms with van der Waals surface area (Å²) in [5, 5.41) is 9.81. The minimum absolute atomic E-state index is 0.144. The molecule has 2 rings (SSSR count). The van der Waals surface area contributed by atoms with Crippen molar-refractivity contribution in [2.24, 2.45) is 0 Å². The summed E-state index contributed by atoms with van der Waals surface area (Å²) in [6.45, 7) is 3.41. The lowest BCUT2D eigenvalue weighted by atomic mass is 10.3. The molecule has 2 aromatic carbocycles. The highest BCUT2D eigenvalue weighted by Gasteiger charge is 2.14. The van der Waals surface area contributed by atoms with Crippen LogP contribution in [-0.4, -0.2) is 31.0 Å². The van der Waals surface area contributed by atoms with Crippen molar-refractivity contribution in [2.75, 3.05) is 19.8 Å². The fraction of sp³-hybridized carbons (Fsp3) is 0.368. The molecule has 0 radical (unpaired) electrons. The number of aliphatic hydroxyl groups excluding tert-OH is 1. The molecule has 0 aliphatic rings. The van der Waals surface area contributed by atoms with Crippen LogP contribution in [0.2, 0.25) is 0 Å². The zero-order chi connectivity index (χ0) is 16.3. The Hall–Kier alpha value is -1.11. The summed E-state index contributed by atoms with van der Waals surface area (Å²) in [7, 11) is 0. The normalized spacial score (nSPS) is 12.1. The van der Waals surface area contributed by atoms with Gasteiger partial charge in [-0.1, -0.05) is 31.5 Å². The van der Waals surface area contributed by atoms with Crippen LogP contribution in [0.15, 0.2) is 54.6 Å². The Labute approximate surface area is 148 Å². The zero-order valence-electron chi connectivity index (χ0n) is 13.5. The van der Waals surface area contributed by atoms with Crippen molar-refractivity contribution in [3.63, 3.8) is 0 Å². The van der Waals surface area contributed by atoms with Gasteiger partial charge < -0.3 is 14.6 Å². The van der Waals surface area contributed by atoms with Gasteiger partial charge in [-0.3, -0.25) is 0 Å². The van der Waals surface area contributed by atoms with Crippen LogP contribution in [0.4, 0.5) is 0 Å². The summed E-state index contributed by atoms with van der Waals surface area (Å²) in [6.07, 6.45) is 1.55. The SMILES string of the molecule is CCCCOCC(O)COc1ccc([I+]c2ccccc2)cc1. The van der Waals surface area contributed by atoms with E-state index in [9.17, 15) is 5.11 Å². The van der Waals surface area contributed by atoms with Crippen molar-refractivity contribution in [1.29, 1.82) is 0 Å². The van der Waals surface area contributed by atoms with E-state index in [2.05, 4.69) is 43.3 Å². The van der Waals surface area contributed by atoms with Gasteiger partial charge in [0.1, 0.15) is 18.5 Å². The predicted octanol–water partition coefficient (Wildman–Crippen LogP) is 0.371. The molecule has 124 valence electrons. The summed E-state index contributed by atoms with van der Waals surface area (Å²) in [5.74, 6) is 0.790. The molecule has 0 aromatic heterocycles. The minimum atomic E-state index is -0.580. The summed E-state index contributed by atoms with van der Waals surface area (Å²) in [4.78, 5) is 0. The van der Waals surface area contributed by atoms with Crippen LogP contribution in [0.3, 0.4) is 0 Å². The van der Waals surface area contributed by atoms with E-state index in [1.807, 2.05) is 18.2 Å². The number of halogens is 1. The molecule has 1 unspecified atom stereocenters. The highest BCUT2D eigenvalue weighted by Crippen LogP contribution is 2.08. The van der Waals surface area contributed by atoms with Crippen molar-refractivity contribution in [3.8, 4) is 5.75 Å². The molecule has 1 atom stereocenters. The quantitative estimate of drug-likeness (QED) is 0.440. The molecule has 0 fully saturated rings. The van der Waals surface area contributed by atoms with Crippen LogP contribution < -0.4 is 25.9 Å². The van der Waals surface area contributed by atoms with Gasteiger partial charge in [-0.15, -0.1) is 0 Å². The van der Waals surface area contributed by atoms with Crippen molar-refractivity contribution in [2.45, 2.75) is 25.9 Å². The van der Waals surface area contributed by atoms with Crippen molar-refractivity contribution >= 4 is 0 Å². The molecule has 4 heteroatoms. The molecule has 0 bridgehead atoms. The molecule has 23 heavy (non-hydrogen) atoms. The van der Waals surface area contributed by atoms with E-state index in [1.165, 1.54) is 7.14 Å². The van der Waals surface area contributed by atoms with Gasteiger partial charge in [-0.05, 0) is 42.8 Å². The van der Waals surface area contributed by atoms with Crippen LogP contribution in [-0.2, 0) is 4.74 Å². The van der Waals surface area contributed by atoms with Crippen LogP contribution in [0.1, 0.15) is 19.8 Å². The van der Waals surface area contributed by atoms with E-state index in [0.717, 1.165) is 18.6 Å². The van der Waals surface area contributed by atoms with Crippen molar-refractivity contribution in [1.82, 2.24) is 0 Å². The second-order valence-corrected chi connectivity index (χ2v) is 8.27. The molecule has 0 aliphatic carbocycles. The maximum atomic E-state index is 9.81. The van der Waals surface area contributed by atoms with Gasteiger partial charge in [0.15, 0.2) is 7.14 Å². The van der Waals surface area contributed by atoms with E-state index >= 15 is 0 Å². The Kier molecular flexibility index (Phi) is 8.42. The molecule has 1 N–H and O–H groups in total. The van der Waals surface area contributed by atoms with E-state index in [4.69, 9.17) is 9.47 Å². The first-order chi connectivity index (χ1) is 11.3. The van der Waals surface area contributed by atoms with Crippen LogP contribution in [0, 0.1) is 7.14 Å². The van der Waals surface area contributed by atoms with Gasteiger partial charge in [0.05, 0.1) is 6.61 Å². The Morgan fingerprint density at radius 2 is 1.65 bits per heavy atom. The maximum absolute atomic E-state index is 9.81. The second-order valence-electron chi connectivity index (χ2n) is 5.24. The topological polar surface area (TPSA) is 38.7 Å². The second kappa shape index (κ2) is 10.6. The lowest BCUT2D eigenvalue weighted by Gasteiger charge is -2.12. The van der Waals surface area contributed by atoms with Crippen molar-refractivity contribution in [3.05, 3.63) is 61.7 Å². The molecule has 0 heterocycles. The van der Waals surface area contributed by atoms with Gasteiger partial charge in [0, 0.05) is 6.61 Å². The van der Waals surface area contributed by atoms with E-state index in [1.54, 1.807) is 0 Å². The number of hydrogen-bond donors (Lipinski definition) is 1. The number of ether oxygens (including phenoxy) is 2. The molecule has 0 saturated carbocycles. The molecule has 0 spiro atoms. The van der Waals surface area contributed by atoms with Gasteiger partial charge in [-0.25, -0.2) is 0 Å². The third kappa shape index (κ3) is 7.33. The Balaban J connectivity index is 1.72. The van der Waals surface area contributed by atoms with Crippen molar-refractivity contribution < 1.29 is 35.8 Å². The molecular weight excluding hydrogens is 403 g/mol. The molecule has 3 nitrogen and oxygen atoms in total. The third-order valence-electron chi connectivity index (χ3n) is 3.16. The van der Waals surface area contributed by atoms with Crippen LogP contribution in [0.5, 0.6) is 5.75 Å². The summed E-state index contributed by atoms with van der Waals surface area (Å²) >= 11 is -0.144. The average molecular weight is 427 g/mol. The smallest absolute Gasteiger partial charge is 0.357 e. The fourth-order valence-electron chi connectivity index (χ4n) is 1.90. The number of hydrogen-bond acceptors (Lipinski definition) is 3. The van der Waals surface area contributed by atoms with Gasteiger partial charge >= 0.3 is 21.2 Å². The number of rotatable bonds is 10. The highest BCUT2D eigenvalue weighted by molar-refractivity contribution is 5.20. The fourth-order valence-corrected chi connectivity index (χ4v) is 4.12. The molecule has 0 aliphatic heterocycles. The van der Waals surface area contributed by atoms with Gasteiger partial charge in [-0.2, -0.15) is 0 Å². The number of aliphatic hydroxyl groups is 1. The van der Waals surface area contributed by atoms with E-state index in [0.29, 0.717) is 13.2 Å². The number of unbranched alkanes of at least 4 members (excludes halogenated alkanes) is 1. The first-order valence-corrected chi connectivity index (χ1v) is 10.1.